The number of carbonyl (C=O) groups is 1. The molecule has 6 heteroatoms. The van der Waals surface area contributed by atoms with Crippen LogP contribution in [0.4, 0.5) is 0 Å². The molecule has 3 heterocycles. The van der Waals surface area contributed by atoms with Gasteiger partial charge in [-0.3, -0.25) is 4.79 Å². The second kappa shape index (κ2) is 5.21. The summed E-state index contributed by atoms with van der Waals surface area (Å²) in [7, 11) is 1.67. The third-order valence-electron chi connectivity index (χ3n) is 4.48. The van der Waals surface area contributed by atoms with Crippen LogP contribution >= 0.6 is 0 Å². The summed E-state index contributed by atoms with van der Waals surface area (Å²) in [6, 6.07) is 10.4. The van der Waals surface area contributed by atoms with Gasteiger partial charge in [-0.15, -0.1) is 5.10 Å². The first-order valence-electron chi connectivity index (χ1n) is 7.58. The Bertz CT molecular complexity index is 691. The molecule has 2 aliphatic heterocycles. The monoisotopic (exact) mass is 298 g/mol. The van der Waals surface area contributed by atoms with E-state index in [2.05, 4.69) is 22.2 Å². The van der Waals surface area contributed by atoms with Crippen LogP contribution in [-0.4, -0.2) is 51.9 Å². The summed E-state index contributed by atoms with van der Waals surface area (Å²) in [5, 5.41) is 4.48. The molecule has 1 fully saturated rings. The van der Waals surface area contributed by atoms with Gasteiger partial charge in [-0.25, -0.2) is 9.67 Å². The summed E-state index contributed by atoms with van der Waals surface area (Å²) in [4.78, 5) is 18.5. The quantitative estimate of drug-likeness (QED) is 0.856. The van der Waals surface area contributed by atoms with Gasteiger partial charge in [-0.1, -0.05) is 30.3 Å². The molecule has 6 nitrogen and oxygen atoms in total. The van der Waals surface area contributed by atoms with Crippen molar-refractivity contribution in [3.05, 3.63) is 47.5 Å². The topological polar surface area (TPSA) is 60.2 Å². The molecule has 1 unspecified atom stereocenters. The lowest BCUT2D eigenvalue weighted by Crippen LogP contribution is -2.54. The number of benzene rings is 1. The zero-order valence-electron chi connectivity index (χ0n) is 12.5. The summed E-state index contributed by atoms with van der Waals surface area (Å²) in [5.74, 6) is 1.12. The number of hydrogen-bond donors (Lipinski definition) is 0. The van der Waals surface area contributed by atoms with Crippen LogP contribution in [0.3, 0.4) is 0 Å². The number of rotatable bonds is 3. The largest absolute Gasteiger partial charge is 0.378 e. The van der Waals surface area contributed by atoms with Crippen LogP contribution in [0.25, 0.3) is 0 Å². The highest BCUT2D eigenvalue weighted by atomic mass is 16.5. The van der Waals surface area contributed by atoms with Crippen LogP contribution in [0.5, 0.6) is 0 Å². The fourth-order valence-corrected chi connectivity index (χ4v) is 3.13. The predicted octanol–water partition coefficient (Wildman–Crippen LogP) is 1.28. The Balaban J connectivity index is 1.55. The van der Waals surface area contributed by atoms with Gasteiger partial charge in [0.1, 0.15) is 5.82 Å². The van der Waals surface area contributed by atoms with Crippen LogP contribution in [0, 0.1) is 0 Å². The summed E-state index contributed by atoms with van der Waals surface area (Å²) in [5.41, 5.74) is 1.22. The number of hydrogen-bond acceptors (Lipinski definition) is 4. The predicted molar refractivity (Wildman–Crippen MR) is 79.6 cm³/mol. The van der Waals surface area contributed by atoms with Crippen molar-refractivity contribution in [3.8, 4) is 0 Å². The van der Waals surface area contributed by atoms with Crippen molar-refractivity contribution in [1.29, 1.82) is 0 Å². The fourth-order valence-electron chi connectivity index (χ4n) is 3.13. The maximum absolute atomic E-state index is 12.4. The number of carbonyl (C=O) groups excluding carboxylic acids is 1. The van der Waals surface area contributed by atoms with E-state index in [0.717, 1.165) is 18.7 Å². The van der Waals surface area contributed by atoms with Crippen LogP contribution in [-0.2, 0) is 11.2 Å². The molecule has 1 atom stereocenters. The summed E-state index contributed by atoms with van der Waals surface area (Å²) < 4.78 is 7.11. The van der Waals surface area contributed by atoms with E-state index in [9.17, 15) is 4.79 Å². The van der Waals surface area contributed by atoms with Gasteiger partial charge in [0.25, 0.3) is 5.91 Å². The lowest BCUT2D eigenvalue weighted by Gasteiger charge is -2.37. The Morgan fingerprint density at radius 3 is 2.77 bits per heavy atom. The Labute approximate surface area is 128 Å². The first-order chi connectivity index (χ1) is 10.8. The Hall–Kier alpha value is -2.21. The highest BCUT2D eigenvalue weighted by molar-refractivity contribution is 5.91. The third kappa shape index (κ3) is 2.11. The van der Waals surface area contributed by atoms with E-state index >= 15 is 0 Å². The molecule has 0 spiro atoms. The number of nitrogens with zero attached hydrogens (tertiary/aromatic N) is 4. The molecule has 0 bridgehead atoms. The molecule has 0 N–H and O–H groups in total. The minimum Gasteiger partial charge on any atom is -0.378 e. The maximum Gasteiger partial charge on any atom is 0.293 e. The second-order valence-corrected chi connectivity index (χ2v) is 5.83. The molecular formula is C16H18N4O2. The molecule has 22 heavy (non-hydrogen) atoms. The van der Waals surface area contributed by atoms with E-state index in [1.807, 2.05) is 22.9 Å². The lowest BCUT2D eigenvalue weighted by atomic mass is 10.1. The van der Waals surface area contributed by atoms with Crippen molar-refractivity contribution in [2.45, 2.75) is 25.0 Å². The van der Waals surface area contributed by atoms with E-state index in [1.54, 1.807) is 12.0 Å². The lowest BCUT2D eigenvalue weighted by molar-refractivity contribution is -0.0197. The number of ether oxygens (including phenoxy) is 1. The molecule has 1 amide bonds. The smallest absolute Gasteiger partial charge is 0.293 e. The van der Waals surface area contributed by atoms with Gasteiger partial charge in [-0.2, -0.15) is 0 Å². The van der Waals surface area contributed by atoms with Gasteiger partial charge in [0.15, 0.2) is 0 Å². The molecule has 0 saturated carbocycles. The maximum atomic E-state index is 12.4. The minimum absolute atomic E-state index is 0.0954. The first-order valence-corrected chi connectivity index (χ1v) is 7.58. The molecule has 2 aliphatic rings. The minimum atomic E-state index is -0.0954. The molecule has 1 aromatic carbocycles. The standard InChI is InChI=1S/C16H18N4O2/c1-22-12-9-19(10-12)16(21)15-17-14-8-7-13(20(14)18-15)11-5-3-2-4-6-11/h2-6,12-13H,7-10H2,1H3. The molecule has 1 aromatic heterocycles. The van der Waals surface area contributed by atoms with Crippen molar-refractivity contribution in [1.82, 2.24) is 19.7 Å². The Morgan fingerprint density at radius 1 is 1.27 bits per heavy atom. The number of aryl methyl sites for hydroxylation is 1. The van der Waals surface area contributed by atoms with Gasteiger partial charge < -0.3 is 9.64 Å². The van der Waals surface area contributed by atoms with Gasteiger partial charge in [0.05, 0.1) is 12.1 Å². The number of amides is 1. The normalized spacial score (nSPS) is 20.8. The number of fused-ring (bicyclic) bond motifs is 1. The number of methoxy groups -OCH3 is 1. The molecule has 0 aliphatic carbocycles. The zero-order chi connectivity index (χ0) is 15.1. The highest BCUT2D eigenvalue weighted by Gasteiger charge is 2.35. The van der Waals surface area contributed by atoms with E-state index in [0.29, 0.717) is 18.9 Å². The van der Waals surface area contributed by atoms with Crippen molar-refractivity contribution in [2.24, 2.45) is 0 Å². The SMILES string of the molecule is COC1CN(C(=O)c2nc3n(n2)C(c2ccccc2)CC3)C1. The zero-order valence-corrected chi connectivity index (χ0v) is 12.5. The number of likely N-dealkylation sites (tertiary alicyclic amines) is 1. The first kappa shape index (κ1) is 13.5. The van der Waals surface area contributed by atoms with E-state index in [1.165, 1.54) is 5.56 Å². The summed E-state index contributed by atoms with van der Waals surface area (Å²) in [6.07, 6.45) is 2.00. The van der Waals surface area contributed by atoms with Crippen LogP contribution in [0.1, 0.15) is 34.5 Å². The van der Waals surface area contributed by atoms with Crippen molar-refractivity contribution in [2.75, 3.05) is 20.2 Å². The molecule has 0 radical (unpaired) electrons. The Morgan fingerprint density at radius 2 is 2.05 bits per heavy atom. The van der Waals surface area contributed by atoms with Gasteiger partial charge in [0.2, 0.25) is 5.82 Å². The van der Waals surface area contributed by atoms with Crippen LogP contribution in [0.2, 0.25) is 0 Å². The van der Waals surface area contributed by atoms with Crippen molar-refractivity contribution in [3.63, 3.8) is 0 Å². The van der Waals surface area contributed by atoms with E-state index in [4.69, 9.17) is 4.74 Å². The van der Waals surface area contributed by atoms with Crippen molar-refractivity contribution < 1.29 is 9.53 Å². The molecule has 2 aromatic rings. The van der Waals surface area contributed by atoms with Gasteiger partial charge >= 0.3 is 0 Å². The molecule has 114 valence electrons. The van der Waals surface area contributed by atoms with Gasteiger partial charge in [-0.05, 0) is 12.0 Å². The second-order valence-electron chi connectivity index (χ2n) is 5.83. The van der Waals surface area contributed by atoms with Gasteiger partial charge in [0, 0.05) is 26.6 Å². The fraction of sp³-hybridized carbons (Fsp3) is 0.438. The summed E-state index contributed by atoms with van der Waals surface area (Å²) in [6.45, 7) is 1.25. The average molecular weight is 298 g/mol. The van der Waals surface area contributed by atoms with E-state index < -0.39 is 0 Å². The summed E-state index contributed by atoms with van der Waals surface area (Å²) >= 11 is 0. The van der Waals surface area contributed by atoms with E-state index in [-0.39, 0.29) is 18.1 Å². The molecule has 1 saturated heterocycles. The molecular weight excluding hydrogens is 280 g/mol. The highest BCUT2D eigenvalue weighted by Crippen LogP contribution is 2.30. The third-order valence-corrected chi connectivity index (χ3v) is 4.48. The van der Waals surface area contributed by atoms with Crippen LogP contribution in [0.15, 0.2) is 30.3 Å². The number of aromatic nitrogens is 3. The molecule has 4 rings (SSSR count). The van der Waals surface area contributed by atoms with Crippen molar-refractivity contribution >= 4 is 5.91 Å². The van der Waals surface area contributed by atoms with Crippen LogP contribution < -0.4 is 0 Å². The average Bonchev–Trinajstić information content (AvgIpc) is 3.07. The Kier molecular flexibility index (Phi) is 3.18.